The molecule has 1 aliphatic heterocycles. The van der Waals surface area contributed by atoms with Crippen molar-refractivity contribution in [1.82, 2.24) is 14.9 Å². The number of nitrogens with one attached hydrogen (secondary N) is 1. The number of hydrogen-bond donors (Lipinski definition) is 1. The maximum atomic E-state index is 13.0. The van der Waals surface area contributed by atoms with Crippen LogP contribution >= 0.6 is 22.7 Å². The Labute approximate surface area is 177 Å². The number of thiophene rings is 2. The summed E-state index contributed by atoms with van der Waals surface area (Å²) in [7, 11) is -1.11. The maximum absolute atomic E-state index is 13.0. The highest BCUT2D eigenvalue weighted by Gasteiger charge is 2.28. The Balaban J connectivity index is 1.55. The van der Waals surface area contributed by atoms with Crippen molar-refractivity contribution in [1.29, 1.82) is 0 Å². The average Bonchev–Trinajstić information content (AvgIpc) is 3.39. The van der Waals surface area contributed by atoms with Crippen LogP contribution in [0.3, 0.4) is 0 Å². The van der Waals surface area contributed by atoms with E-state index >= 15 is 0 Å². The van der Waals surface area contributed by atoms with Crippen molar-refractivity contribution in [3.05, 3.63) is 39.2 Å². The molecule has 1 saturated heterocycles. The molecule has 0 bridgehead atoms. The largest absolute Gasteiger partial charge is 0.369 e. The van der Waals surface area contributed by atoms with E-state index in [4.69, 9.17) is 0 Å². The third-order valence-electron chi connectivity index (χ3n) is 5.15. The standard InChI is InChI=1S/C19H22N4O3S3/c1-12-15-17(20-7-13-4-6-29(25,26)10-13)21-11-22-18(15)28-16(12)19(24)23(2)8-14-3-5-27-9-14/h3,5,9,11,13H,4,6-8,10H2,1-2H3,(H,20,21,22)/t13-/m1/s1. The van der Waals surface area contributed by atoms with E-state index in [1.165, 1.54) is 17.7 Å². The second-order valence-electron chi connectivity index (χ2n) is 7.40. The number of aromatic nitrogens is 2. The molecule has 0 radical (unpaired) electrons. The number of fused-ring (bicyclic) bond motifs is 1. The molecule has 0 unspecified atom stereocenters. The van der Waals surface area contributed by atoms with Gasteiger partial charge in [-0.2, -0.15) is 11.3 Å². The highest BCUT2D eigenvalue weighted by atomic mass is 32.2. The minimum atomic E-state index is -2.91. The lowest BCUT2D eigenvalue weighted by atomic mass is 10.1. The van der Waals surface area contributed by atoms with E-state index in [1.807, 2.05) is 23.8 Å². The molecule has 1 amide bonds. The normalized spacial score (nSPS) is 18.2. The number of carbonyl (C=O) groups excluding carboxylic acids is 1. The molecule has 154 valence electrons. The quantitative estimate of drug-likeness (QED) is 0.620. The van der Waals surface area contributed by atoms with Crippen LogP contribution in [0.4, 0.5) is 5.82 Å². The number of amides is 1. The van der Waals surface area contributed by atoms with Gasteiger partial charge in [-0.3, -0.25) is 4.79 Å². The summed E-state index contributed by atoms with van der Waals surface area (Å²) in [4.78, 5) is 24.8. The monoisotopic (exact) mass is 450 g/mol. The second kappa shape index (κ2) is 8.00. The highest BCUT2D eigenvalue weighted by molar-refractivity contribution is 7.91. The Morgan fingerprint density at radius 2 is 2.21 bits per heavy atom. The lowest BCUT2D eigenvalue weighted by molar-refractivity contribution is 0.0789. The van der Waals surface area contributed by atoms with Crippen LogP contribution in [0.2, 0.25) is 0 Å². The van der Waals surface area contributed by atoms with Crippen LogP contribution in [0.5, 0.6) is 0 Å². The van der Waals surface area contributed by atoms with E-state index in [1.54, 1.807) is 23.3 Å². The lowest BCUT2D eigenvalue weighted by Crippen LogP contribution is -2.25. The van der Waals surface area contributed by atoms with E-state index < -0.39 is 9.84 Å². The fourth-order valence-electron chi connectivity index (χ4n) is 3.59. The van der Waals surface area contributed by atoms with Gasteiger partial charge in [0.1, 0.15) is 17.0 Å². The summed E-state index contributed by atoms with van der Waals surface area (Å²) in [5.74, 6) is 1.18. The molecule has 0 aliphatic carbocycles. The van der Waals surface area contributed by atoms with Crippen LogP contribution in [-0.4, -0.2) is 54.3 Å². The topological polar surface area (TPSA) is 92.3 Å². The predicted octanol–water partition coefficient (Wildman–Crippen LogP) is 3.18. The van der Waals surface area contributed by atoms with Gasteiger partial charge in [0.05, 0.1) is 21.8 Å². The summed E-state index contributed by atoms with van der Waals surface area (Å²) in [5.41, 5.74) is 1.97. The number of sulfone groups is 1. The number of rotatable bonds is 6. The van der Waals surface area contributed by atoms with Gasteiger partial charge in [0.25, 0.3) is 5.91 Å². The fourth-order valence-corrected chi connectivity index (χ4v) is 7.25. The molecule has 1 aliphatic rings. The first-order chi connectivity index (χ1) is 13.8. The van der Waals surface area contributed by atoms with E-state index in [0.717, 1.165) is 21.3 Å². The summed E-state index contributed by atoms with van der Waals surface area (Å²) in [6.45, 7) is 3.02. The molecule has 3 aromatic heterocycles. The van der Waals surface area contributed by atoms with Crippen molar-refractivity contribution >= 4 is 54.5 Å². The average molecular weight is 451 g/mol. The van der Waals surface area contributed by atoms with Crippen molar-refractivity contribution in [2.45, 2.75) is 19.9 Å². The third kappa shape index (κ3) is 4.29. The van der Waals surface area contributed by atoms with Crippen LogP contribution < -0.4 is 5.32 Å². The number of hydrogen-bond acceptors (Lipinski definition) is 8. The summed E-state index contributed by atoms with van der Waals surface area (Å²) in [6.07, 6.45) is 2.15. The van der Waals surface area contributed by atoms with Gasteiger partial charge in [-0.1, -0.05) is 0 Å². The SMILES string of the molecule is Cc1c(C(=O)N(C)Cc2ccsc2)sc2ncnc(NC[C@H]3CCS(=O)(=O)C3)c12. The Bertz CT molecular complexity index is 1140. The zero-order valence-electron chi connectivity index (χ0n) is 16.2. The first kappa shape index (κ1) is 20.2. The summed E-state index contributed by atoms with van der Waals surface area (Å²) < 4.78 is 23.4. The minimum Gasteiger partial charge on any atom is -0.369 e. The third-order valence-corrected chi connectivity index (χ3v) is 8.91. The lowest BCUT2D eigenvalue weighted by Gasteiger charge is -2.16. The molecule has 3 aromatic rings. The van der Waals surface area contributed by atoms with Gasteiger partial charge < -0.3 is 10.2 Å². The number of anilines is 1. The molecule has 4 rings (SSSR count). The van der Waals surface area contributed by atoms with Crippen molar-refractivity contribution in [2.24, 2.45) is 5.92 Å². The molecule has 1 N–H and O–H groups in total. The molecule has 0 saturated carbocycles. The summed E-state index contributed by atoms with van der Waals surface area (Å²) >= 11 is 2.98. The molecule has 1 atom stereocenters. The molecule has 0 spiro atoms. The van der Waals surface area contributed by atoms with Gasteiger partial charge in [0.2, 0.25) is 0 Å². The van der Waals surface area contributed by atoms with Crippen LogP contribution in [0.1, 0.15) is 27.2 Å². The van der Waals surface area contributed by atoms with Crippen LogP contribution in [0.25, 0.3) is 10.2 Å². The van der Waals surface area contributed by atoms with Crippen LogP contribution in [0.15, 0.2) is 23.2 Å². The Hall–Kier alpha value is -2.04. The summed E-state index contributed by atoms with van der Waals surface area (Å²) in [6, 6.07) is 2.02. The van der Waals surface area contributed by atoms with Crippen molar-refractivity contribution in [2.75, 3.05) is 30.4 Å². The minimum absolute atomic E-state index is 0.0375. The molecule has 0 aromatic carbocycles. The van der Waals surface area contributed by atoms with Crippen molar-refractivity contribution in [3.8, 4) is 0 Å². The predicted molar refractivity (Wildman–Crippen MR) is 118 cm³/mol. The first-order valence-corrected chi connectivity index (χ1v) is 12.9. The zero-order chi connectivity index (χ0) is 20.6. The summed E-state index contributed by atoms with van der Waals surface area (Å²) in [5, 5.41) is 8.17. The van der Waals surface area contributed by atoms with Gasteiger partial charge in [0.15, 0.2) is 9.84 Å². The fraction of sp³-hybridized carbons (Fsp3) is 0.421. The Morgan fingerprint density at radius 1 is 1.38 bits per heavy atom. The molecule has 4 heterocycles. The molecule has 10 heteroatoms. The van der Waals surface area contributed by atoms with Gasteiger partial charge in [-0.05, 0) is 47.2 Å². The van der Waals surface area contributed by atoms with E-state index in [2.05, 4.69) is 15.3 Å². The van der Waals surface area contributed by atoms with Crippen molar-refractivity contribution in [3.63, 3.8) is 0 Å². The molecule has 7 nitrogen and oxygen atoms in total. The van der Waals surface area contributed by atoms with E-state index in [9.17, 15) is 13.2 Å². The number of nitrogens with zero attached hydrogens (tertiary/aromatic N) is 3. The molecule has 1 fully saturated rings. The second-order valence-corrected chi connectivity index (χ2v) is 11.4. The first-order valence-electron chi connectivity index (χ1n) is 9.29. The molecule has 29 heavy (non-hydrogen) atoms. The van der Waals surface area contributed by atoms with E-state index in [-0.39, 0.29) is 23.3 Å². The van der Waals surface area contributed by atoms with Crippen LogP contribution in [-0.2, 0) is 16.4 Å². The molecular formula is C19H22N4O3S3. The van der Waals surface area contributed by atoms with Crippen LogP contribution in [0, 0.1) is 12.8 Å². The van der Waals surface area contributed by atoms with Gasteiger partial charge in [-0.15, -0.1) is 11.3 Å². The number of carbonyl (C=O) groups is 1. The Morgan fingerprint density at radius 3 is 2.90 bits per heavy atom. The molecular weight excluding hydrogens is 428 g/mol. The smallest absolute Gasteiger partial charge is 0.264 e. The van der Waals surface area contributed by atoms with E-state index in [0.29, 0.717) is 30.2 Å². The van der Waals surface area contributed by atoms with Gasteiger partial charge >= 0.3 is 0 Å². The zero-order valence-corrected chi connectivity index (χ0v) is 18.7. The number of aryl methyl sites for hydroxylation is 1. The van der Waals surface area contributed by atoms with Crippen molar-refractivity contribution < 1.29 is 13.2 Å². The van der Waals surface area contributed by atoms with Gasteiger partial charge in [-0.25, -0.2) is 18.4 Å². The Kier molecular flexibility index (Phi) is 5.58. The maximum Gasteiger partial charge on any atom is 0.264 e. The van der Waals surface area contributed by atoms with Gasteiger partial charge in [0, 0.05) is 20.1 Å². The highest BCUT2D eigenvalue weighted by Crippen LogP contribution is 2.34.